The van der Waals surface area contributed by atoms with E-state index in [0.29, 0.717) is 5.56 Å². The third kappa shape index (κ3) is 2.53. The van der Waals surface area contributed by atoms with Gasteiger partial charge in [0.25, 0.3) is 0 Å². The molecule has 2 aromatic carbocycles. The fourth-order valence-electron chi connectivity index (χ4n) is 1.76. The van der Waals surface area contributed by atoms with Crippen LogP contribution in [0.2, 0.25) is 0 Å². The molecule has 2 aromatic rings. The van der Waals surface area contributed by atoms with Crippen molar-refractivity contribution >= 4 is 5.97 Å². The van der Waals surface area contributed by atoms with E-state index in [1.807, 2.05) is 18.2 Å². The highest BCUT2D eigenvalue weighted by molar-refractivity contribution is 5.89. The van der Waals surface area contributed by atoms with E-state index in [2.05, 4.69) is 19.1 Å². The van der Waals surface area contributed by atoms with Gasteiger partial charge in [-0.3, -0.25) is 0 Å². The van der Waals surface area contributed by atoms with Crippen LogP contribution in [0.25, 0.3) is 11.1 Å². The summed E-state index contributed by atoms with van der Waals surface area (Å²) in [6.07, 6.45) is 1.01. The molecule has 0 aromatic heterocycles. The minimum Gasteiger partial charge on any atom is -0.478 e. The summed E-state index contributed by atoms with van der Waals surface area (Å²) in [6, 6.07) is 15.2. The number of carbonyl (C=O) groups is 1. The molecule has 0 heterocycles. The van der Waals surface area contributed by atoms with E-state index in [1.54, 1.807) is 18.2 Å². The fraction of sp³-hybridized carbons (Fsp3) is 0.133. The highest BCUT2D eigenvalue weighted by atomic mass is 16.4. The second-order valence-electron chi connectivity index (χ2n) is 3.94. The second-order valence-corrected chi connectivity index (χ2v) is 3.94. The zero-order chi connectivity index (χ0) is 12.3. The lowest BCUT2D eigenvalue weighted by atomic mass is 10.0. The summed E-state index contributed by atoms with van der Waals surface area (Å²) in [5.74, 6) is -0.892. The van der Waals surface area contributed by atoms with Gasteiger partial charge in [0.2, 0.25) is 0 Å². The van der Waals surface area contributed by atoms with Gasteiger partial charge in [0, 0.05) is 0 Å². The van der Waals surface area contributed by atoms with Crippen molar-refractivity contribution in [1.82, 2.24) is 0 Å². The van der Waals surface area contributed by atoms with Gasteiger partial charge in [-0.05, 0) is 35.2 Å². The van der Waals surface area contributed by atoms with Crippen molar-refractivity contribution in [2.24, 2.45) is 0 Å². The molecule has 0 unspecified atom stereocenters. The third-order valence-corrected chi connectivity index (χ3v) is 2.81. The Morgan fingerprint density at radius 2 is 1.76 bits per heavy atom. The van der Waals surface area contributed by atoms with Gasteiger partial charge in [-0.1, -0.05) is 43.3 Å². The molecule has 0 bridgehead atoms. The average Bonchev–Trinajstić information content (AvgIpc) is 2.39. The first-order valence-electron chi connectivity index (χ1n) is 5.63. The molecular formula is C15H14O2. The van der Waals surface area contributed by atoms with Crippen LogP contribution in [-0.2, 0) is 6.42 Å². The number of carboxylic acids is 1. The van der Waals surface area contributed by atoms with Gasteiger partial charge in [-0.2, -0.15) is 0 Å². The van der Waals surface area contributed by atoms with Crippen LogP contribution in [0.1, 0.15) is 22.8 Å². The Bertz CT molecular complexity index is 527. The quantitative estimate of drug-likeness (QED) is 0.868. The molecule has 2 rings (SSSR count). The van der Waals surface area contributed by atoms with Crippen LogP contribution < -0.4 is 0 Å². The second kappa shape index (κ2) is 4.83. The maximum absolute atomic E-state index is 10.9. The molecule has 17 heavy (non-hydrogen) atoms. The van der Waals surface area contributed by atoms with Gasteiger partial charge < -0.3 is 5.11 Å². The van der Waals surface area contributed by atoms with E-state index < -0.39 is 5.97 Å². The van der Waals surface area contributed by atoms with Crippen molar-refractivity contribution < 1.29 is 9.90 Å². The molecule has 0 radical (unpaired) electrons. The zero-order valence-corrected chi connectivity index (χ0v) is 9.68. The Balaban J connectivity index is 2.38. The van der Waals surface area contributed by atoms with Gasteiger partial charge in [0.1, 0.15) is 0 Å². The van der Waals surface area contributed by atoms with Gasteiger partial charge in [0.05, 0.1) is 5.56 Å². The van der Waals surface area contributed by atoms with Crippen LogP contribution in [-0.4, -0.2) is 11.1 Å². The van der Waals surface area contributed by atoms with Crippen LogP contribution in [0, 0.1) is 0 Å². The number of hydrogen-bond acceptors (Lipinski definition) is 1. The van der Waals surface area contributed by atoms with Crippen LogP contribution in [0.4, 0.5) is 0 Å². The fourth-order valence-corrected chi connectivity index (χ4v) is 1.76. The van der Waals surface area contributed by atoms with Gasteiger partial charge in [-0.15, -0.1) is 0 Å². The Labute approximate surface area is 101 Å². The Morgan fingerprint density at radius 1 is 1.06 bits per heavy atom. The summed E-state index contributed by atoms with van der Waals surface area (Å²) < 4.78 is 0. The third-order valence-electron chi connectivity index (χ3n) is 2.81. The number of carboxylic acid groups (broad SMARTS) is 1. The Morgan fingerprint density at radius 3 is 2.35 bits per heavy atom. The SMILES string of the molecule is CCc1ccc(-c2cccc(C(=O)O)c2)cc1. The lowest BCUT2D eigenvalue weighted by Gasteiger charge is -2.04. The van der Waals surface area contributed by atoms with Crippen molar-refractivity contribution in [3.05, 3.63) is 59.7 Å². The van der Waals surface area contributed by atoms with Crippen LogP contribution >= 0.6 is 0 Å². The number of benzene rings is 2. The zero-order valence-electron chi connectivity index (χ0n) is 9.68. The molecule has 0 aliphatic rings. The predicted molar refractivity (Wildman–Crippen MR) is 68.2 cm³/mol. The first-order chi connectivity index (χ1) is 8.20. The van der Waals surface area contributed by atoms with Gasteiger partial charge in [-0.25, -0.2) is 4.79 Å². The molecule has 0 spiro atoms. The number of aromatic carboxylic acids is 1. The van der Waals surface area contributed by atoms with E-state index in [4.69, 9.17) is 5.11 Å². The maximum atomic E-state index is 10.9. The van der Waals surface area contributed by atoms with Crippen molar-refractivity contribution in [2.45, 2.75) is 13.3 Å². The minimum absolute atomic E-state index is 0.321. The van der Waals surface area contributed by atoms with Crippen molar-refractivity contribution in [2.75, 3.05) is 0 Å². The lowest BCUT2D eigenvalue weighted by molar-refractivity contribution is 0.0697. The molecule has 0 saturated heterocycles. The van der Waals surface area contributed by atoms with E-state index in [0.717, 1.165) is 17.5 Å². The molecular weight excluding hydrogens is 212 g/mol. The minimum atomic E-state index is -0.892. The van der Waals surface area contributed by atoms with E-state index >= 15 is 0 Å². The Hall–Kier alpha value is -2.09. The number of hydrogen-bond donors (Lipinski definition) is 1. The summed E-state index contributed by atoms with van der Waals surface area (Å²) in [5, 5.41) is 8.94. The van der Waals surface area contributed by atoms with E-state index in [-0.39, 0.29) is 0 Å². The standard InChI is InChI=1S/C15H14O2/c1-2-11-6-8-12(9-7-11)13-4-3-5-14(10-13)15(16)17/h3-10H,2H2,1H3,(H,16,17). The normalized spacial score (nSPS) is 10.2. The largest absolute Gasteiger partial charge is 0.478 e. The molecule has 2 heteroatoms. The molecule has 0 saturated carbocycles. The molecule has 2 nitrogen and oxygen atoms in total. The summed E-state index contributed by atoms with van der Waals surface area (Å²) >= 11 is 0. The molecule has 0 aliphatic carbocycles. The van der Waals surface area contributed by atoms with Gasteiger partial charge >= 0.3 is 5.97 Å². The van der Waals surface area contributed by atoms with Crippen LogP contribution in [0.5, 0.6) is 0 Å². The number of aryl methyl sites for hydroxylation is 1. The molecule has 0 amide bonds. The van der Waals surface area contributed by atoms with E-state index in [1.165, 1.54) is 5.56 Å². The highest BCUT2D eigenvalue weighted by Crippen LogP contribution is 2.21. The van der Waals surface area contributed by atoms with Crippen LogP contribution in [0.15, 0.2) is 48.5 Å². The molecule has 0 atom stereocenters. The average molecular weight is 226 g/mol. The molecule has 86 valence electrons. The predicted octanol–water partition coefficient (Wildman–Crippen LogP) is 3.61. The first kappa shape index (κ1) is 11.4. The van der Waals surface area contributed by atoms with Gasteiger partial charge in [0.15, 0.2) is 0 Å². The molecule has 0 fully saturated rings. The monoisotopic (exact) mass is 226 g/mol. The van der Waals surface area contributed by atoms with Crippen molar-refractivity contribution in [1.29, 1.82) is 0 Å². The number of rotatable bonds is 3. The summed E-state index contributed by atoms with van der Waals surface area (Å²) in [5.41, 5.74) is 3.59. The van der Waals surface area contributed by atoms with Crippen LogP contribution in [0.3, 0.4) is 0 Å². The summed E-state index contributed by atoms with van der Waals surface area (Å²) in [4.78, 5) is 10.9. The molecule has 1 N–H and O–H groups in total. The summed E-state index contributed by atoms with van der Waals surface area (Å²) in [6.45, 7) is 2.11. The summed E-state index contributed by atoms with van der Waals surface area (Å²) in [7, 11) is 0. The maximum Gasteiger partial charge on any atom is 0.335 e. The topological polar surface area (TPSA) is 37.3 Å². The van der Waals surface area contributed by atoms with E-state index in [9.17, 15) is 4.79 Å². The van der Waals surface area contributed by atoms with Crippen molar-refractivity contribution in [3.8, 4) is 11.1 Å². The highest BCUT2D eigenvalue weighted by Gasteiger charge is 2.04. The lowest BCUT2D eigenvalue weighted by Crippen LogP contribution is -1.95. The molecule has 0 aliphatic heterocycles. The first-order valence-corrected chi connectivity index (χ1v) is 5.63. The smallest absolute Gasteiger partial charge is 0.335 e. The Kier molecular flexibility index (Phi) is 3.24. The van der Waals surface area contributed by atoms with Crippen molar-refractivity contribution in [3.63, 3.8) is 0 Å².